The smallest absolute Gasteiger partial charge is 0.264 e. The van der Waals surface area contributed by atoms with Crippen LogP contribution < -0.4 is 15.4 Å². The third kappa shape index (κ3) is 5.55. The average Bonchev–Trinajstić information content (AvgIpc) is 3.13. The molecule has 2 fully saturated rings. The molecule has 1 aliphatic carbocycles. The molecule has 1 aliphatic heterocycles. The van der Waals surface area contributed by atoms with Gasteiger partial charge < -0.3 is 15.4 Å². The van der Waals surface area contributed by atoms with Crippen molar-refractivity contribution in [3.8, 4) is 5.75 Å². The van der Waals surface area contributed by atoms with Crippen LogP contribution in [0.3, 0.4) is 0 Å². The topological polar surface area (TPSA) is 79.8 Å². The molecule has 0 spiro atoms. The number of aliphatic imine (C=N–C) groups is 1. The SMILES string of the molecule is COc1ccc(C(=O)Nc2cccc(/C=C3\SC(=NC4CCCCC4)NC3=O)c2)cc1. The number of carbonyl (C=O) groups excluding carboxylic acids is 2. The lowest BCUT2D eigenvalue weighted by Gasteiger charge is -2.17. The summed E-state index contributed by atoms with van der Waals surface area (Å²) in [6, 6.07) is 14.7. The van der Waals surface area contributed by atoms with Gasteiger partial charge in [0.05, 0.1) is 18.1 Å². The second-order valence-electron chi connectivity index (χ2n) is 7.60. The number of ether oxygens (including phenoxy) is 1. The van der Waals surface area contributed by atoms with Gasteiger partial charge in [0.25, 0.3) is 11.8 Å². The monoisotopic (exact) mass is 435 g/mol. The Morgan fingerprint density at radius 1 is 1.16 bits per heavy atom. The van der Waals surface area contributed by atoms with Gasteiger partial charge in [-0.15, -0.1) is 0 Å². The van der Waals surface area contributed by atoms with Gasteiger partial charge in [0.1, 0.15) is 5.75 Å². The molecular formula is C24H25N3O3S. The second kappa shape index (κ2) is 9.83. The molecule has 1 heterocycles. The molecule has 31 heavy (non-hydrogen) atoms. The number of amidine groups is 1. The molecule has 0 atom stereocenters. The summed E-state index contributed by atoms with van der Waals surface area (Å²) in [5.74, 6) is 0.360. The number of methoxy groups -OCH3 is 1. The van der Waals surface area contributed by atoms with E-state index < -0.39 is 0 Å². The standard InChI is InChI=1S/C24H25N3O3S/c1-30-20-12-10-17(11-13-20)22(28)25-19-9-5-6-16(14-19)15-21-23(29)27-24(31-21)26-18-7-3-2-4-8-18/h5-6,9-15,18H,2-4,7-8H2,1H3,(H,25,28)(H,26,27,29)/b21-15-. The number of hydrogen-bond donors (Lipinski definition) is 2. The van der Waals surface area contributed by atoms with Crippen LogP contribution in [0.5, 0.6) is 5.75 Å². The summed E-state index contributed by atoms with van der Waals surface area (Å²) in [4.78, 5) is 30.2. The highest BCUT2D eigenvalue weighted by Crippen LogP contribution is 2.29. The molecule has 6 nitrogen and oxygen atoms in total. The van der Waals surface area contributed by atoms with Crippen LogP contribution >= 0.6 is 11.8 Å². The van der Waals surface area contributed by atoms with E-state index in [-0.39, 0.29) is 11.8 Å². The van der Waals surface area contributed by atoms with Crippen LogP contribution in [0.1, 0.15) is 48.0 Å². The molecule has 160 valence electrons. The Morgan fingerprint density at radius 3 is 2.68 bits per heavy atom. The summed E-state index contributed by atoms with van der Waals surface area (Å²) in [5.41, 5.74) is 2.04. The Labute approximate surface area is 186 Å². The maximum Gasteiger partial charge on any atom is 0.264 e. The van der Waals surface area contributed by atoms with Gasteiger partial charge in [0.2, 0.25) is 0 Å². The maximum atomic E-state index is 12.5. The molecule has 0 unspecified atom stereocenters. The Balaban J connectivity index is 1.43. The molecule has 2 N–H and O–H groups in total. The molecule has 1 saturated carbocycles. The molecular weight excluding hydrogens is 410 g/mol. The minimum Gasteiger partial charge on any atom is -0.497 e. The van der Waals surface area contributed by atoms with Crippen molar-refractivity contribution in [2.75, 3.05) is 12.4 Å². The van der Waals surface area contributed by atoms with Crippen molar-refractivity contribution in [3.63, 3.8) is 0 Å². The lowest BCUT2D eigenvalue weighted by Crippen LogP contribution is -2.22. The summed E-state index contributed by atoms with van der Waals surface area (Å²) in [6.45, 7) is 0. The third-order valence-corrected chi connectivity index (χ3v) is 6.24. The molecule has 2 aromatic rings. The van der Waals surface area contributed by atoms with Gasteiger partial charge in [-0.1, -0.05) is 31.4 Å². The van der Waals surface area contributed by atoms with Crippen molar-refractivity contribution in [1.82, 2.24) is 5.32 Å². The van der Waals surface area contributed by atoms with Crippen LogP contribution in [0.15, 0.2) is 58.4 Å². The molecule has 0 bridgehead atoms. The fourth-order valence-corrected chi connectivity index (χ4v) is 4.56. The van der Waals surface area contributed by atoms with Crippen LogP contribution in [-0.2, 0) is 4.79 Å². The van der Waals surface area contributed by atoms with Gasteiger partial charge in [-0.25, -0.2) is 0 Å². The zero-order chi connectivity index (χ0) is 21.6. The van der Waals surface area contributed by atoms with E-state index in [0.29, 0.717) is 33.1 Å². The Bertz CT molecular complexity index is 1020. The Kier molecular flexibility index (Phi) is 6.72. The Hall–Kier alpha value is -3.06. The average molecular weight is 436 g/mol. The first-order valence-electron chi connectivity index (χ1n) is 10.4. The minimum absolute atomic E-state index is 0.132. The van der Waals surface area contributed by atoms with E-state index in [0.717, 1.165) is 18.4 Å². The fourth-order valence-electron chi connectivity index (χ4n) is 3.67. The highest BCUT2D eigenvalue weighted by Gasteiger charge is 2.25. The molecule has 2 aliphatic rings. The highest BCUT2D eigenvalue weighted by molar-refractivity contribution is 8.18. The van der Waals surface area contributed by atoms with E-state index in [4.69, 9.17) is 9.73 Å². The van der Waals surface area contributed by atoms with Gasteiger partial charge in [0, 0.05) is 11.3 Å². The highest BCUT2D eigenvalue weighted by atomic mass is 32.2. The zero-order valence-corrected chi connectivity index (χ0v) is 18.2. The number of benzene rings is 2. The van der Waals surface area contributed by atoms with Crippen molar-refractivity contribution in [1.29, 1.82) is 0 Å². The number of anilines is 1. The molecule has 2 amide bonds. The van der Waals surface area contributed by atoms with Crippen LogP contribution in [0.4, 0.5) is 5.69 Å². The van der Waals surface area contributed by atoms with Gasteiger partial charge in [-0.05, 0) is 72.6 Å². The number of amides is 2. The molecule has 1 saturated heterocycles. The minimum atomic E-state index is -0.206. The van der Waals surface area contributed by atoms with E-state index >= 15 is 0 Å². The van der Waals surface area contributed by atoms with Crippen molar-refractivity contribution >= 4 is 40.5 Å². The van der Waals surface area contributed by atoms with Crippen molar-refractivity contribution < 1.29 is 14.3 Å². The number of nitrogens with one attached hydrogen (secondary N) is 2. The van der Waals surface area contributed by atoms with E-state index in [2.05, 4.69) is 10.6 Å². The second-order valence-corrected chi connectivity index (χ2v) is 8.63. The van der Waals surface area contributed by atoms with E-state index in [1.165, 1.54) is 31.0 Å². The summed E-state index contributed by atoms with van der Waals surface area (Å²) in [6.07, 6.45) is 7.70. The first-order valence-corrected chi connectivity index (χ1v) is 11.3. The van der Waals surface area contributed by atoms with E-state index in [1.807, 2.05) is 30.3 Å². The molecule has 2 aromatic carbocycles. The van der Waals surface area contributed by atoms with E-state index in [1.54, 1.807) is 31.4 Å². The molecule has 4 rings (SSSR count). The van der Waals surface area contributed by atoms with Gasteiger partial charge in [-0.3, -0.25) is 14.6 Å². The molecule has 7 heteroatoms. The zero-order valence-electron chi connectivity index (χ0n) is 17.4. The van der Waals surface area contributed by atoms with Crippen molar-refractivity contribution in [2.45, 2.75) is 38.1 Å². The normalized spacial score (nSPS) is 19.5. The van der Waals surface area contributed by atoms with Gasteiger partial charge in [0.15, 0.2) is 5.17 Å². The van der Waals surface area contributed by atoms with Crippen molar-refractivity contribution in [2.24, 2.45) is 4.99 Å². The number of carbonyl (C=O) groups is 2. The van der Waals surface area contributed by atoms with Crippen LogP contribution in [0.2, 0.25) is 0 Å². The fraction of sp³-hybridized carbons (Fsp3) is 0.292. The summed E-state index contributed by atoms with van der Waals surface area (Å²) in [5, 5.41) is 6.46. The summed E-state index contributed by atoms with van der Waals surface area (Å²) >= 11 is 1.38. The molecule has 0 aromatic heterocycles. The largest absolute Gasteiger partial charge is 0.497 e. The number of rotatable bonds is 5. The predicted octanol–water partition coefficient (Wildman–Crippen LogP) is 4.84. The van der Waals surface area contributed by atoms with E-state index in [9.17, 15) is 9.59 Å². The third-order valence-electron chi connectivity index (χ3n) is 5.32. The Morgan fingerprint density at radius 2 is 1.94 bits per heavy atom. The quantitative estimate of drug-likeness (QED) is 0.659. The summed E-state index contributed by atoms with van der Waals surface area (Å²) < 4.78 is 5.12. The first kappa shape index (κ1) is 21.2. The van der Waals surface area contributed by atoms with Crippen LogP contribution in [-0.4, -0.2) is 30.1 Å². The number of nitrogens with zero attached hydrogens (tertiary/aromatic N) is 1. The first-order chi connectivity index (χ1) is 15.1. The van der Waals surface area contributed by atoms with Crippen LogP contribution in [0, 0.1) is 0 Å². The summed E-state index contributed by atoms with van der Waals surface area (Å²) in [7, 11) is 1.59. The lowest BCUT2D eigenvalue weighted by atomic mass is 9.96. The predicted molar refractivity (Wildman–Crippen MR) is 125 cm³/mol. The van der Waals surface area contributed by atoms with Gasteiger partial charge in [-0.2, -0.15) is 0 Å². The number of hydrogen-bond acceptors (Lipinski definition) is 5. The van der Waals surface area contributed by atoms with Crippen LogP contribution in [0.25, 0.3) is 6.08 Å². The van der Waals surface area contributed by atoms with Gasteiger partial charge >= 0.3 is 0 Å². The van der Waals surface area contributed by atoms with Crippen molar-refractivity contribution in [3.05, 3.63) is 64.6 Å². The maximum absolute atomic E-state index is 12.5. The lowest BCUT2D eigenvalue weighted by molar-refractivity contribution is -0.115. The number of thioether (sulfide) groups is 1. The molecule has 0 radical (unpaired) electrons.